The Balaban J connectivity index is 2.13. The highest BCUT2D eigenvalue weighted by Gasteiger charge is 2.14. The topological polar surface area (TPSA) is 54.4 Å². The minimum absolute atomic E-state index is 0.103. The van der Waals surface area contributed by atoms with Crippen LogP contribution in [0.5, 0.6) is 0 Å². The van der Waals surface area contributed by atoms with Crippen LogP contribution >= 0.6 is 35.0 Å². The van der Waals surface area contributed by atoms with E-state index in [4.69, 9.17) is 28.3 Å². The molecule has 0 spiro atoms. The maximum Gasteiger partial charge on any atom is 0.336 e. The maximum absolute atomic E-state index is 12.1. The van der Waals surface area contributed by atoms with Gasteiger partial charge in [-0.25, -0.2) is 4.79 Å². The molecule has 2 rings (SSSR count). The number of carboxylic acid groups (broad SMARTS) is 1. The van der Waals surface area contributed by atoms with Gasteiger partial charge in [0.15, 0.2) is 5.78 Å². The Morgan fingerprint density at radius 1 is 1.05 bits per heavy atom. The van der Waals surface area contributed by atoms with E-state index in [9.17, 15) is 9.59 Å². The van der Waals surface area contributed by atoms with Crippen LogP contribution in [0, 0.1) is 0 Å². The number of benzene rings is 2. The lowest BCUT2D eigenvalue weighted by atomic mass is 10.1. The van der Waals surface area contributed by atoms with Gasteiger partial charge < -0.3 is 5.11 Å². The van der Waals surface area contributed by atoms with Gasteiger partial charge in [-0.3, -0.25) is 4.79 Å². The van der Waals surface area contributed by atoms with E-state index >= 15 is 0 Å². The van der Waals surface area contributed by atoms with Gasteiger partial charge in [-0.15, -0.1) is 11.8 Å². The molecule has 0 atom stereocenters. The highest BCUT2D eigenvalue weighted by atomic mass is 35.5. The van der Waals surface area contributed by atoms with Crippen molar-refractivity contribution < 1.29 is 14.7 Å². The number of hydrogen-bond acceptors (Lipinski definition) is 3. The van der Waals surface area contributed by atoms with Gasteiger partial charge in [0.05, 0.1) is 16.3 Å². The van der Waals surface area contributed by atoms with Gasteiger partial charge in [-0.05, 0) is 30.3 Å². The molecule has 6 heteroatoms. The number of hydrogen-bond donors (Lipinski definition) is 1. The summed E-state index contributed by atoms with van der Waals surface area (Å²) in [6, 6.07) is 11.2. The lowest BCUT2D eigenvalue weighted by Gasteiger charge is -2.06. The van der Waals surface area contributed by atoms with E-state index in [1.807, 2.05) is 0 Å². The third kappa shape index (κ3) is 4.00. The number of thioether (sulfide) groups is 1. The number of ketones is 1. The fraction of sp³-hybridized carbons (Fsp3) is 0.0667. The second kappa shape index (κ2) is 6.98. The summed E-state index contributed by atoms with van der Waals surface area (Å²) in [5.74, 6) is -1.09. The second-order valence-electron chi connectivity index (χ2n) is 4.14. The third-order valence-corrected chi connectivity index (χ3v) is 4.33. The molecule has 0 unspecified atom stereocenters. The molecule has 0 aliphatic rings. The fourth-order valence-electron chi connectivity index (χ4n) is 1.71. The summed E-state index contributed by atoms with van der Waals surface area (Å²) in [5.41, 5.74) is 0.555. The molecule has 0 heterocycles. The molecule has 0 bridgehead atoms. The first-order valence-corrected chi connectivity index (χ1v) is 7.66. The molecule has 0 aromatic heterocycles. The monoisotopic (exact) mass is 340 g/mol. The minimum atomic E-state index is -1.02. The van der Waals surface area contributed by atoms with Gasteiger partial charge in [0.1, 0.15) is 0 Å². The molecule has 21 heavy (non-hydrogen) atoms. The van der Waals surface area contributed by atoms with Crippen molar-refractivity contribution in [3.8, 4) is 0 Å². The van der Waals surface area contributed by atoms with E-state index in [2.05, 4.69) is 0 Å². The van der Waals surface area contributed by atoms with Gasteiger partial charge in [-0.2, -0.15) is 0 Å². The normalized spacial score (nSPS) is 10.4. The van der Waals surface area contributed by atoms with Crippen molar-refractivity contribution in [2.75, 3.05) is 5.75 Å². The van der Waals surface area contributed by atoms with Crippen LogP contribution in [0.1, 0.15) is 20.7 Å². The van der Waals surface area contributed by atoms with Crippen LogP contribution in [-0.4, -0.2) is 22.6 Å². The molecule has 1 N–H and O–H groups in total. The Hall–Kier alpha value is -1.49. The minimum Gasteiger partial charge on any atom is -0.478 e. The highest BCUT2D eigenvalue weighted by Crippen LogP contribution is 2.26. The Bertz CT molecular complexity index is 701. The zero-order valence-corrected chi connectivity index (χ0v) is 13.0. The number of Topliss-reactive ketones (excluding diaryl/α,β-unsaturated/α-hetero) is 1. The molecule has 2 aromatic carbocycles. The van der Waals surface area contributed by atoms with Crippen LogP contribution in [-0.2, 0) is 0 Å². The lowest BCUT2D eigenvalue weighted by Crippen LogP contribution is -2.05. The van der Waals surface area contributed by atoms with Crippen molar-refractivity contribution in [1.82, 2.24) is 0 Å². The molecule has 0 saturated heterocycles. The summed E-state index contributed by atoms with van der Waals surface area (Å²) in [6.07, 6.45) is 0. The predicted molar refractivity (Wildman–Crippen MR) is 84.9 cm³/mol. The molecular formula is C15H10Cl2O3S. The molecule has 0 radical (unpaired) electrons. The summed E-state index contributed by atoms with van der Waals surface area (Å²) in [5, 5.41) is 9.84. The van der Waals surface area contributed by atoms with Crippen molar-refractivity contribution in [2.24, 2.45) is 0 Å². The molecular weight excluding hydrogens is 331 g/mol. The first-order chi connectivity index (χ1) is 9.99. The van der Waals surface area contributed by atoms with Crippen LogP contribution < -0.4 is 0 Å². The van der Waals surface area contributed by atoms with Gasteiger partial charge in [0.2, 0.25) is 0 Å². The smallest absolute Gasteiger partial charge is 0.336 e. The quantitative estimate of drug-likeness (QED) is 0.634. The standard InChI is InChI=1S/C15H10Cl2O3S/c16-9-5-6-10(12(17)7-9)13(18)8-21-14-4-2-1-3-11(14)15(19)20/h1-7H,8H2,(H,19,20). The fourth-order valence-corrected chi connectivity index (χ4v) is 3.15. The van der Waals surface area contributed by atoms with E-state index in [0.717, 1.165) is 0 Å². The van der Waals surface area contributed by atoms with Crippen LogP contribution in [0.25, 0.3) is 0 Å². The summed E-state index contributed by atoms with van der Waals surface area (Å²) in [4.78, 5) is 23.8. The SMILES string of the molecule is O=C(CSc1ccccc1C(=O)O)c1ccc(Cl)cc1Cl. The second-order valence-corrected chi connectivity index (χ2v) is 6.00. The van der Waals surface area contributed by atoms with Crippen LogP contribution in [0.15, 0.2) is 47.4 Å². The van der Waals surface area contributed by atoms with Crippen molar-refractivity contribution >= 4 is 46.7 Å². The molecule has 0 aliphatic heterocycles. The van der Waals surface area contributed by atoms with Crippen molar-refractivity contribution in [1.29, 1.82) is 0 Å². The molecule has 108 valence electrons. The van der Waals surface area contributed by atoms with E-state index < -0.39 is 5.97 Å². The molecule has 0 aliphatic carbocycles. The first kappa shape index (κ1) is 15.9. The van der Waals surface area contributed by atoms with E-state index in [1.165, 1.54) is 23.9 Å². The van der Waals surface area contributed by atoms with E-state index in [-0.39, 0.29) is 17.1 Å². The first-order valence-electron chi connectivity index (χ1n) is 5.92. The van der Waals surface area contributed by atoms with E-state index in [1.54, 1.807) is 30.3 Å². The zero-order chi connectivity index (χ0) is 15.4. The number of halogens is 2. The van der Waals surface area contributed by atoms with Crippen LogP contribution in [0.4, 0.5) is 0 Å². The van der Waals surface area contributed by atoms with Crippen molar-refractivity contribution in [3.63, 3.8) is 0 Å². The van der Waals surface area contributed by atoms with Crippen LogP contribution in [0.2, 0.25) is 10.0 Å². The predicted octanol–water partition coefficient (Wildman–Crippen LogP) is 4.67. The number of aromatic carboxylic acids is 1. The number of rotatable bonds is 5. The van der Waals surface area contributed by atoms with E-state index in [0.29, 0.717) is 20.5 Å². The van der Waals surface area contributed by atoms with Gasteiger partial charge in [0, 0.05) is 15.5 Å². The summed E-state index contributed by atoms with van der Waals surface area (Å²) in [7, 11) is 0. The summed E-state index contributed by atoms with van der Waals surface area (Å²) in [6.45, 7) is 0. The third-order valence-electron chi connectivity index (χ3n) is 2.71. The van der Waals surface area contributed by atoms with Gasteiger partial charge in [0.25, 0.3) is 0 Å². The average Bonchev–Trinajstić information content (AvgIpc) is 2.45. The number of carbonyl (C=O) groups is 2. The number of carbonyl (C=O) groups excluding carboxylic acids is 1. The Morgan fingerprint density at radius 3 is 2.43 bits per heavy atom. The largest absolute Gasteiger partial charge is 0.478 e. The molecule has 0 fully saturated rings. The molecule has 0 saturated carbocycles. The number of carboxylic acids is 1. The highest BCUT2D eigenvalue weighted by molar-refractivity contribution is 8.00. The molecule has 0 amide bonds. The van der Waals surface area contributed by atoms with Crippen molar-refractivity contribution in [2.45, 2.75) is 4.90 Å². The average molecular weight is 341 g/mol. The Morgan fingerprint density at radius 2 is 1.76 bits per heavy atom. The summed E-state index contributed by atoms with van der Waals surface area (Å²) >= 11 is 12.9. The lowest BCUT2D eigenvalue weighted by molar-refractivity contribution is 0.0692. The van der Waals surface area contributed by atoms with Gasteiger partial charge >= 0.3 is 5.97 Å². The molecule has 3 nitrogen and oxygen atoms in total. The van der Waals surface area contributed by atoms with Crippen molar-refractivity contribution in [3.05, 3.63) is 63.6 Å². The zero-order valence-electron chi connectivity index (χ0n) is 10.7. The van der Waals surface area contributed by atoms with Crippen LogP contribution in [0.3, 0.4) is 0 Å². The van der Waals surface area contributed by atoms with Gasteiger partial charge in [-0.1, -0.05) is 35.3 Å². The Kier molecular flexibility index (Phi) is 5.28. The summed E-state index contributed by atoms with van der Waals surface area (Å²) < 4.78 is 0. The Labute approximate surface area is 135 Å². The maximum atomic E-state index is 12.1. The molecule has 2 aromatic rings.